The topological polar surface area (TPSA) is 52.1 Å². The second-order valence-corrected chi connectivity index (χ2v) is 3.31. The van der Waals surface area contributed by atoms with Gasteiger partial charge in [-0.05, 0) is 24.3 Å². The first-order valence-corrected chi connectivity index (χ1v) is 4.87. The number of methoxy groups -OCH3 is 1. The predicted molar refractivity (Wildman–Crippen MR) is 59.4 cm³/mol. The molecule has 1 aromatic heterocycles. The molecule has 0 aliphatic carbocycles. The zero-order valence-electron chi connectivity index (χ0n) is 9.05. The van der Waals surface area contributed by atoms with Gasteiger partial charge in [-0.25, -0.2) is 4.39 Å². The minimum absolute atomic E-state index is 0.137. The number of carbonyl (C=O) groups excluding carboxylic acids is 1. The van der Waals surface area contributed by atoms with E-state index >= 15 is 0 Å². The largest absolute Gasteiger partial charge is 0.494 e. The van der Waals surface area contributed by atoms with Crippen LogP contribution < -0.4 is 4.74 Å². The van der Waals surface area contributed by atoms with Crippen LogP contribution in [0.25, 0.3) is 11.3 Å². The Morgan fingerprint density at radius 2 is 1.94 bits per heavy atom. The fourth-order valence-corrected chi connectivity index (χ4v) is 1.39. The van der Waals surface area contributed by atoms with Crippen LogP contribution >= 0.6 is 0 Å². The second kappa shape index (κ2) is 4.69. The molecule has 2 aromatic rings. The van der Waals surface area contributed by atoms with E-state index in [0.29, 0.717) is 23.3 Å². The van der Waals surface area contributed by atoms with Crippen molar-refractivity contribution in [1.29, 1.82) is 0 Å². The molecule has 0 spiro atoms. The SMILES string of the molecule is COc1cc(-c2ccc(F)cc2)nnc1C=O. The van der Waals surface area contributed by atoms with Crippen LogP contribution in [0, 0.1) is 5.82 Å². The summed E-state index contributed by atoms with van der Waals surface area (Å²) in [6.45, 7) is 0. The first-order valence-electron chi connectivity index (χ1n) is 4.87. The number of ether oxygens (including phenoxy) is 1. The van der Waals surface area contributed by atoms with Crippen LogP contribution in [0.1, 0.15) is 10.5 Å². The number of aromatic nitrogens is 2. The van der Waals surface area contributed by atoms with Crippen molar-refractivity contribution in [3.8, 4) is 17.0 Å². The maximum absolute atomic E-state index is 12.8. The number of aldehydes is 1. The van der Waals surface area contributed by atoms with E-state index in [0.717, 1.165) is 0 Å². The Morgan fingerprint density at radius 3 is 2.53 bits per heavy atom. The summed E-state index contributed by atoms with van der Waals surface area (Å²) in [7, 11) is 1.44. The normalized spacial score (nSPS) is 10.0. The average Bonchev–Trinajstić information content (AvgIpc) is 2.39. The second-order valence-electron chi connectivity index (χ2n) is 3.31. The van der Waals surface area contributed by atoms with Crippen LogP contribution in [0.4, 0.5) is 4.39 Å². The molecule has 0 saturated carbocycles. The monoisotopic (exact) mass is 232 g/mol. The van der Waals surface area contributed by atoms with Gasteiger partial charge >= 0.3 is 0 Å². The van der Waals surface area contributed by atoms with Crippen molar-refractivity contribution in [3.05, 3.63) is 41.8 Å². The van der Waals surface area contributed by atoms with Crippen LogP contribution in [0.15, 0.2) is 30.3 Å². The molecule has 1 heterocycles. The lowest BCUT2D eigenvalue weighted by molar-refractivity contribution is 0.111. The molecule has 0 aliphatic heterocycles. The maximum atomic E-state index is 12.8. The Hall–Kier alpha value is -2.30. The van der Waals surface area contributed by atoms with E-state index < -0.39 is 0 Å². The van der Waals surface area contributed by atoms with E-state index in [4.69, 9.17) is 4.74 Å². The van der Waals surface area contributed by atoms with Gasteiger partial charge in [-0.15, -0.1) is 10.2 Å². The highest BCUT2D eigenvalue weighted by Crippen LogP contribution is 2.22. The minimum Gasteiger partial charge on any atom is -0.494 e. The molecular formula is C12H9FN2O2. The molecule has 4 nitrogen and oxygen atoms in total. The quantitative estimate of drug-likeness (QED) is 0.760. The van der Waals surface area contributed by atoms with Gasteiger partial charge in [0.25, 0.3) is 0 Å². The Balaban J connectivity index is 2.46. The number of benzene rings is 1. The molecule has 0 unspecified atom stereocenters. The van der Waals surface area contributed by atoms with Gasteiger partial charge in [0.2, 0.25) is 0 Å². The van der Waals surface area contributed by atoms with Crippen LogP contribution in [0.3, 0.4) is 0 Å². The first kappa shape index (κ1) is 11.2. The third kappa shape index (κ3) is 2.28. The molecular weight excluding hydrogens is 223 g/mol. The summed E-state index contributed by atoms with van der Waals surface area (Å²) in [6.07, 6.45) is 0.570. The molecule has 0 N–H and O–H groups in total. The number of rotatable bonds is 3. The molecule has 2 rings (SSSR count). The molecule has 0 radical (unpaired) electrons. The van der Waals surface area contributed by atoms with Crippen molar-refractivity contribution in [2.45, 2.75) is 0 Å². The molecule has 0 saturated heterocycles. The fraction of sp³-hybridized carbons (Fsp3) is 0.0833. The highest BCUT2D eigenvalue weighted by molar-refractivity contribution is 5.77. The van der Waals surface area contributed by atoms with Crippen molar-refractivity contribution >= 4 is 6.29 Å². The van der Waals surface area contributed by atoms with Gasteiger partial charge < -0.3 is 4.74 Å². The summed E-state index contributed by atoms with van der Waals surface area (Å²) in [4.78, 5) is 10.6. The van der Waals surface area contributed by atoms with Gasteiger partial charge in [-0.2, -0.15) is 0 Å². The Kier molecular flexibility index (Phi) is 3.09. The van der Waals surface area contributed by atoms with Crippen molar-refractivity contribution in [2.24, 2.45) is 0 Å². The lowest BCUT2D eigenvalue weighted by Crippen LogP contribution is -1.98. The average molecular weight is 232 g/mol. The fourth-order valence-electron chi connectivity index (χ4n) is 1.39. The lowest BCUT2D eigenvalue weighted by Gasteiger charge is -2.04. The Bertz CT molecular complexity index is 541. The Labute approximate surface area is 97.1 Å². The highest BCUT2D eigenvalue weighted by Gasteiger charge is 2.08. The zero-order chi connectivity index (χ0) is 12.3. The number of nitrogens with zero attached hydrogens (tertiary/aromatic N) is 2. The third-order valence-corrected chi connectivity index (χ3v) is 2.26. The van der Waals surface area contributed by atoms with E-state index in [-0.39, 0.29) is 11.5 Å². The van der Waals surface area contributed by atoms with Gasteiger partial charge in [0.1, 0.15) is 5.82 Å². The van der Waals surface area contributed by atoms with Gasteiger partial charge in [0.15, 0.2) is 17.7 Å². The van der Waals surface area contributed by atoms with Gasteiger partial charge in [-0.1, -0.05) is 0 Å². The maximum Gasteiger partial charge on any atom is 0.174 e. The van der Waals surface area contributed by atoms with E-state index in [2.05, 4.69) is 10.2 Å². The van der Waals surface area contributed by atoms with Crippen molar-refractivity contribution < 1.29 is 13.9 Å². The van der Waals surface area contributed by atoms with Gasteiger partial charge in [-0.3, -0.25) is 4.79 Å². The van der Waals surface area contributed by atoms with Crippen molar-refractivity contribution in [3.63, 3.8) is 0 Å². The number of carbonyl (C=O) groups is 1. The number of hydrogen-bond acceptors (Lipinski definition) is 4. The molecule has 0 bridgehead atoms. The van der Waals surface area contributed by atoms with Crippen molar-refractivity contribution in [2.75, 3.05) is 7.11 Å². The number of hydrogen-bond donors (Lipinski definition) is 0. The Morgan fingerprint density at radius 1 is 1.24 bits per heavy atom. The van der Waals surface area contributed by atoms with Gasteiger partial charge in [0, 0.05) is 11.6 Å². The molecule has 86 valence electrons. The minimum atomic E-state index is -0.321. The highest BCUT2D eigenvalue weighted by atomic mass is 19.1. The summed E-state index contributed by atoms with van der Waals surface area (Å²) >= 11 is 0. The predicted octanol–water partition coefficient (Wildman–Crippen LogP) is 2.10. The molecule has 0 aliphatic rings. The molecule has 1 aromatic carbocycles. The van der Waals surface area contributed by atoms with Gasteiger partial charge in [0.05, 0.1) is 12.8 Å². The molecule has 5 heteroatoms. The van der Waals surface area contributed by atoms with E-state index in [1.165, 1.54) is 19.2 Å². The van der Waals surface area contributed by atoms with Crippen LogP contribution in [0.2, 0.25) is 0 Å². The smallest absolute Gasteiger partial charge is 0.174 e. The first-order chi connectivity index (χ1) is 8.24. The van der Waals surface area contributed by atoms with E-state index in [1.54, 1.807) is 18.2 Å². The summed E-state index contributed by atoms with van der Waals surface area (Å²) in [5, 5.41) is 7.60. The van der Waals surface area contributed by atoms with Crippen LogP contribution in [-0.2, 0) is 0 Å². The zero-order valence-corrected chi connectivity index (χ0v) is 9.05. The summed E-state index contributed by atoms with van der Waals surface area (Å²) in [6, 6.07) is 7.41. The molecule has 17 heavy (non-hydrogen) atoms. The molecule has 0 amide bonds. The summed E-state index contributed by atoms with van der Waals surface area (Å²) in [5.74, 6) is 0.0208. The third-order valence-electron chi connectivity index (χ3n) is 2.26. The summed E-state index contributed by atoms with van der Waals surface area (Å²) in [5.41, 5.74) is 1.36. The van der Waals surface area contributed by atoms with E-state index in [9.17, 15) is 9.18 Å². The molecule has 0 fully saturated rings. The standard InChI is InChI=1S/C12H9FN2O2/c1-17-12-6-10(14-15-11(12)7-16)8-2-4-9(13)5-3-8/h2-7H,1H3. The molecule has 0 atom stereocenters. The van der Waals surface area contributed by atoms with E-state index in [1.807, 2.05) is 0 Å². The van der Waals surface area contributed by atoms with Crippen molar-refractivity contribution in [1.82, 2.24) is 10.2 Å². The summed E-state index contributed by atoms with van der Waals surface area (Å²) < 4.78 is 17.8. The number of halogens is 1. The van der Waals surface area contributed by atoms with Crippen LogP contribution in [-0.4, -0.2) is 23.6 Å². The lowest BCUT2D eigenvalue weighted by atomic mass is 10.1. The van der Waals surface area contributed by atoms with Crippen LogP contribution in [0.5, 0.6) is 5.75 Å².